The number of hydrogen-bond donors (Lipinski definition) is 2. The lowest BCUT2D eigenvalue weighted by molar-refractivity contribution is -0.119. The highest BCUT2D eigenvalue weighted by molar-refractivity contribution is 5.82. The summed E-state index contributed by atoms with van der Waals surface area (Å²) in [6, 6.07) is 6.22. The second-order valence-electron chi connectivity index (χ2n) is 2.62. The Bertz CT molecular complexity index is 312. The highest BCUT2D eigenvalue weighted by atomic mass is 16.5. The van der Waals surface area contributed by atoms with Crippen LogP contribution >= 0.6 is 0 Å². The molecule has 1 aromatic rings. The van der Waals surface area contributed by atoms with E-state index in [2.05, 4.69) is 0 Å². The lowest BCUT2D eigenvalue weighted by Gasteiger charge is -2.11. The monoisotopic (exact) mass is 180 g/mol. The number of para-hydroxylation sites is 1. The molecule has 0 unspecified atom stereocenters. The van der Waals surface area contributed by atoms with Crippen molar-refractivity contribution >= 4 is 5.91 Å². The van der Waals surface area contributed by atoms with E-state index in [1.54, 1.807) is 24.3 Å². The maximum Gasteiger partial charge on any atom is 0.239 e. The summed E-state index contributed by atoms with van der Waals surface area (Å²) in [5.74, 6) is 0.0123. The molecule has 0 bridgehead atoms. The zero-order chi connectivity index (χ0) is 9.84. The first kappa shape index (κ1) is 9.54. The molecule has 0 aromatic heterocycles. The third kappa shape index (κ3) is 1.97. The molecule has 0 saturated heterocycles. The van der Waals surface area contributed by atoms with Crippen LogP contribution in [-0.2, 0) is 4.79 Å². The van der Waals surface area contributed by atoms with E-state index in [1.807, 2.05) is 0 Å². The van der Waals surface area contributed by atoms with Gasteiger partial charge in [-0.05, 0) is 6.07 Å². The van der Waals surface area contributed by atoms with Crippen LogP contribution in [0.2, 0.25) is 0 Å². The van der Waals surface area contributed by atoms with Gasteiger partial charge in [-0.15, -0.1) is 0 Å². The number of ether oxygens (including phenoxy) is 1. The van der Waals surface area contributed by atoms with Crippen molar-refractivity contribution in [3.8, 4) is 5.75 Å². The van der Waals surface area contributed by atoms with Crippen LogP contribution in [0.15, 0.2) is 24.3 Å². The molecule has 4 N–H and O–H groups in total. The molecule has 4 heteroatoms. The van der Waals surface area contributed by atoms with Crippen molar-refractivity contribution in [2.75, 3.05) is 7.11 Å². The summed E-state index contributed by atoms with van der Waals surface area (Å²) in [7, 11) is 1.52. The largest absolute Gasteiger partial charge is 0.496 e. The first-order valence-electron chi connectivity index (χ1n) is 3.84. The van der Waals surface area contributed by atoms with Gasteiger partial charge in [-0.25, -0.2) is 0 Å². The first-order chi connectivity index (χ1) is 6.16. The fourth-order valence-electron chi connectivity index (χ4n) is 1.08. The zero-order valence-electron chi connectivity index (χ0n) is 7.36. The lowest BCUT2D eigenvalue weighted by atomic mass is 10.1. The van der Waals surface area contributed by atoms with Crippen molar-refractivity contribution in [2.45, 2.75) is 6.04 Å². The van der Waals surface area contributed by atoms with Crippen LogP contribution in [0.4, 0.5) is 0 Å². The van der Waals surface area contributed by atoms with Crippen molar-refractivity contribution in [1.82, 2.24) is 0 Å². The minimum Gasteiger partial charge on any atom is -0.496 e. The van der Waals surface area contributed by atoms with Gasteiger partial charge in [0.15, 0.2) is 0 Å². The van der Waals surface area contributed by atoms with E-state index in [9.17, 15) is 4.79 Å². The summed E-state index contributed by atoms with van der Waals surface area (Å²) in [4.78, 5) is 10.8. The summed E-state index contributed by atoms with van der Waals surface area (Å²) >= 11 is 0. The van der Waals surface area contributed by atoms with Gasteiger partial charge in [-0.3, -0.25) is 4.79 Å². The molecule has 13 heavy (non-hydrogen) atoms. The number of benzene rings is 1. The molecule has 0 saturated carbocycles. The Hall–Kier alpha value is -1.55. The van der Waals surface area contributed by atoms with Crippen LogP contribution in [0.5, 0.6) is 5.75 Å². The number of carbonyl (C=O) groups excluding carboxylic acids is 1. The third-order valence-electron chi connectivity index (χ3n) is 1.78. The number of nitrogens with two attached hydrogens (primary N) is 2. The van der Waals surface area contributed by atoms with Crippen LogP contribution in [0.25, 0.3) is 0 Å². The van der Waals surface area contributed by atoms with E-state index < -0.39 is 11.9 Å². The number of rotatable bonds is 3. The Kier molecular flexibility index (Phi) is 2.87. The standard InChI is InChI=1S/C9H12N2O2/c1-13-7-5-3-2-4-6(7)8(10)9(11)12/h2-5,8H,10H2,1H3,(H2,11,12)/t8-/m1/s1. The topological polar surface area (TPSA) is 78.3 Å². The van der Waals surface area contributed by atoms with E-state index in [-0.39, 0.29) is 0 Å². The number of carbonyl (C=O) groups is 1. The Morgan fingerprint density at radius 1 is 1.46 bits per heavy atom. The van der Waals surface area contributed by atoms with Crippen LogP contribution in [0.1, 0.15) is 11.6 Å². The summed E-state index contributed by atoms with van der Waals surface area (Å²) in [6.45, 7) is 0. The minimum atomic E-state index is -0.809. The normalized spacial score (nSPS) is 12.2. The van der Waals surface area contributed by atoms with Crippen molar-refractivity contribution in [2.24, 2.45) is 11.5 Å². The molecular formula is C9H12N2O2. The van der Waals surface area contributed by atoms with E-state index in [1.165, 1.54) is 7.11 Å². The highest BCUT2D eigenvalue weighted by Crippen LogP contribution is 2.22. The van der Waals surface area contributed by atoms with Gasteiger partial charge in [-0.2, -0.15) is 0 Å². The summed E-state index contributed by atoms with van der Waals surface area (Å²) in [6.07, 6.45) is 0. The third-order valence-corrected chi connectivity index (χ3v) is 1.78. The Morgan fingerprint density at radius 2 is 2.08 bits per heavy atom. The smallest absolute Gasteiger partial charge is 0.239 e. The van der Waals surface area contributed by atoms with Crippen molar-refractivity contribution in [3.63, 3.8) is 0 Å². The lowest BCUT2D eigenvalue weighted by Crippen LogP contribution is -2.28. The number of hydrogen-bond acceptors (Lipinski definition) is 3. The molecule has 0 fully saturated rings. The Balaban J connectivity index is 3.05. The van der Waals surface area contributed by atoms with E-state index in [0.717, 1.165) is 0 Å². The molecule has 1 rings (SSSR count). The van der Waals surface area contributed by atoms with Crippen LogP contribution in [-0.4, -0.2) is 13.0 Å². The molecule has 1 amide bonds. The van der Waals surface area contributed by atoms with E-state index in [0.29, 0.717) is 11.3 Å². The average molecular weight is 180 g/mol. The molecule has 0 aliphatic heterocycles. The number of primary amides is 1. The van der Waals surface area contributed by atoms with Crippen molar-refractivity contribution in [3.05, 3.63) is 29.8 Å². The fourth-order valence-corrected chi connectivity index (χ4v) is 1.08. The number of amides is 1. The molecule has 1 aromatic carbocycles. The SMILES string of the molecule is COc1ccccc1[C@@H](N)C(N)=O. The molecule has 0 aliphatic carbocycles. The summed E-state index contributed by atoms with van der Waals surface area (Å²) < 4.78 is 5.03. The maximum atomic E-state index is 10.8. The van der Waals surface area contributed by atoms with Gasteiger partial charge < -0.3 is 16.2 Å². The van der Waals surface area contributed by atoms with Gasteiger partial charge >= 0.3 is 0 Å². The van der Waals surface area contributed by atoms with E-state index in [4.69, 9.17) is 16.2 Å². The van der Waals surface area contributed by atoms with Gasteiger partial charge in [0.2, 0.25) is 5.91 Å². The zero-order valence-corrected chi connectivity index (χ0v) is 7.36. The molecule has 70 valence electrons. The number of methoxy groups -OCH3 is 1. The molecular weight excluding hydrogens is 168 g/mol. The predicted octanol–water partition coefficient (Wildman–Crippen LogP) is 0.180. The summed E-state index contributed by atoms with van der Waals surface area (Å²) in [5.41, 5.74) is 11.2. The second-order valence-corrected chi connectivity index (χ2v) is 2.62. The Labute approximate surface area is 76.5 Å². The van der Waals surface area contributed by atoms with Crippen molar-refractivity contribution < 1.29 is 9.53 Å². The van der Waals surface area contributed by atoms with Gasteiger partial charge in [-0.1, -0.05) is 18.2 Å². The van der Waals surface area contributed by atoms with Gasteiger partial charge in [0.1, 0.15) is 11.8 Å². The average Bonchev–Trinajstić information content (AvgIpc) is 2.16. The van der Waals surface area contributed by atoms with Crippen LogP contribution in [0, 0.1) is 0 Å². The molecule has 0 aliphatic rings. The van der Waals surface area contributed by atoms with Crippen LogP contribution < -0.4 is 16.2 Å². The second kappa shape index (κ2) is 3.91. The van der Waals surface area contributed by atoms with Gasteiger partial charge in [0, 0.05) is 5.56 Å². The quantitative estimate of drug-likeness (QED) is 0.696. The van der Waals surface area contributed by atoms with Crippen molar-refractivity contribution in [1.29, 1.82) is 0 Å². The Morgan fingerprint density at radius 3 is 2.62 bits per heavy atom. The van der Waals surface area contributed by atoms with Crippen LogP contribution in [0.3, 0.4) is 0 Å². The van der Waals surface area contributed by atoms with Gasteiger partial charge in [0.25, 0.3) is 0 Å². The molecule has 0 spiro atoms. The fraction of sp³-hybridized carbons (Fsp3) is 0.222. The minimum absolute atomic E-state index is 0.565. The predicted molar refractivity (Wildman–Crippen MR) is 49.1 cm³/mol. The maximum absolute atomic E-state index is 10.8. The highest BCUT2D eigenvalue weighted by Gasteiger charge is 2.15. The molecule has 0 radical (unpaired) electrons. The van der Waals surface area contributed by atoms with E-state index >= 15 is 0 Å². The first-order valence-corrected chi connectivity index (χ1v) is 3.84. The van der Waals surface area contributed by atoms with Gasteiger partial charge in [0.05, 0.1) is 7.11 Å². The molecule has 1 atom stereocenters. The molecule has 4 nitrogen and oxygen atoms in total. The molecule has 0 heterocycles. The summed E-state index contributed by atoms with van der Waals surface area (Å²) in [5, 5.41) is 0.